The standard InChI is InChI=1S/C10H22N2O3/c1-11-6-4-5-10(13)12-7-9(15-3)8-14-2/h9,11H,4-8H2,1-3H3,(H,12,13). The number of carbonyl (C=O) groups excluding carboxylic acids is 1. The summed E-state index contributed by atoms with van der Waals surface area (Å²) in [4.78, 5) is 11.3. The van der Waals surface area contributed by atoms with E-state index < -0.39 is 0 Å². The molecule has 0 aromatic rings. The van der Waals surface area contributed by atoms with E-state index in [0.29, 0.717) is 19.6 Å². The van der Waals surface area contributed by atoms with Gasteiger partial charge in [0, 0.05) is 27.2 Å². The van der Waals surface area contributed by atoms with Gasteiger partial charge in [0.25, 0.3) is 0 Å². The lowest BCUT2D eigenvalue weighted by Crippen LogP contribution is -2.35. The molecule has 90 valence electrons. The summed E-state index contributed by atoms with van der Waals surface area (Å²) < 4.78 is 10.1. The number of carbonyl (C=O) groups is 1. The van der Waals surface area contributed by atoms with Crippen LogP contribution in [-0.2, 0) is 14.3 Å². The maximum atomic E-state index is 11.3. The molecular formula is C10H22N2O3. The Bertz CT molecular complexity index is 165. The summed E-state index contributed by atoms with van der Waals surface area (Å²) in [5, 5.41) is 5.80. The molecule has 0 aliphatic heterocycles. The van der Waals surface area contributed by atoms with Crippen molar-refractivity contribution in [3.63, 3.8) is 0 Å². The summed E-state index contributed by atoms with van der Waals surface area (Å²) in [6, 6.07) is 0. The maximum absolute atomic E-state index is 11.3. The van der Waals surface area contributed by atoms with Crippen LogP contribution in [0.5, 0.6) is 0 Å². The third kappa shape index (κ3) is 8.35. The second-order valence-electron chi connectivity index (χ2n) is 3.32. The molecule has 0 saturated heterocycles. The van der Waals surface area contributed by atoms with E-state index in [9.17, 15) is 4.79 Å². The lowest BCUT2D eigenvalue weighted by Gasteiger charge is -2.14. The first-order chi connectivity index (χ1) is 7.24. The predicted molar refractivity (Wildman–Crippen MR) is 58.8 cm³/mol. The molecule has 0 fully saturated rings. The van der Waals surface area contributed by atoms with Crippen molar-refractivity contribution < 1.29 is 14.3 Å². The Morgan fingerprint density at radius 3 is 2.67 bits per heavy atom. The molecule has 0 radical (unpaired) electrons. The minimum Gasteiger partial charge on any atom is -0.382 e. The van der Waals surface area contributed by atoms with Crippen LogP contribution in [0.4, 0.5) is 0 Å². The second kappa shape index (κ2) is 9.89. The zero-order valence-electron chi connectivity index (χ0n) is 9.84. The highest BCUT2D eigenvalue weighted by atomic mass is 16.5. The number of hydrogen-bond acceptors (Lipinski definition) is 4. The van der Waals surface area contributed by atoms with E-state index in [1.807, 2.05) is 7.05 Å². The number of hydrogen-bond donors (Lipinski definition) is 2. The lowest BCUT2D eigenvalue weighted by atomic mass is 10.3. The highest BCUT2D eigenvalue weighted by molar-refractivity contribution is 5.75. The molecule has 5 nitrogen and oxygen atoms in total. The minimum atomic E-state index is -0.0664. The first-order valence-electron chi connectivity index (χ1n) is 5.17. The molecule has 0 aliphatic carbocycles. The highest BCUT2D eigenvalue weighted by Crippen LogP contribution is 1.91. The molecule has 0 bridgehead atoms. The topological polar surface area (TPSA) is 59.6 Å². The van der Waals surface area contributed by atoms with Crippen LogP contribution in [0.3, 0.4) is 0 Å². The van der Waals surface area contributed by atoms with Gasteiger partial charge >= 0.3 is 0 Å². The van der Waals surface area contributed by atoms with Gasteiger partial charge in [0.15, 0.2) is 0 Å². The number of amides is 1. The van der Waals surface area contributed by atoms with Gasteiger partial charge in [-0.1, -0.05) is 0 Å². The molecule has 0 aliphatic rings. The third-order valence-corrected chi connectivity index (χ3v) is 2.04. The average molecular weight is 218 g/mol. The Morgan fingerprint density at radius 1 is 1.40 bits per heavy atom. The number of methoxy groups -OCH3 is 2. The van der Waals surface area contributed by atoms with Gasteiger partial charge in [0.05, 0.1) is 12.7 Å². The molecule has 0 heterocycles. The van der Waals surface area contributed by atoms with Crippen molar-refractivity contribution in [1.29, 1.82) is 0 Å². The molecule has 0 aromatic carbocycles. The first kappa shape index (κ1) is 14.3. The number of ether oxygens (including phenoxy) is 2. The van der Waals surface area contributed by atoms with Gasteiger partial charge in [-0.3, -0.25) is 4.79 Å². The molecule has 0 rings (SSSR count). The summed E-state index contributed by atoms with van der Waals surface area (Å²) in [5.74, 6) is 0.0587. The molecule has 15 heavy (non-hydrogen) atoms. The summed E-state index contributed by atoms with van der Waals surface area (Å²) in [6.07, 6.45) is 1.33. The van der Waals surface area contributed by atoms with Gasteiger partial charge in [-0.25, -0.2) is 0 Å². The van der Waals surface area contributed by atoms with Crippen molar-refractivity contribution in [3.8, 4) is 0 Å². The number of rotatable bonds is 9. The zero-order valence-corrected chi connectivity index (χ0v) is 9.84. The minimum absolute atomic E-state index is 0.0587. The van der Waals surface area contributed by atoms with Crippen LogP contribution in [0.15, 0.2) is 0 Å². The molecule has 1 unspecified atom stereocenters. The van der Waals surface area contributed by atoms with Crippen molar-refractivity contribution in [2.24, 2.45) is 0 Å². The van der Waals surface area contributed by atoms with E-state index in [1.165, 1.54) is 0 Å². The largest absolute Gasteiger partial charge is 0.382 e. The van der Waals surface area contributed by atoms with E-state index in [2.05, 4.69) is 10.6 Å². The highest BCUT2D eigenvalue weighted by Gasteiger charge is 2.08. The molecule has 1 amide bonds. The fourth-order valence-corrected chi connectivity index (χ4v) is 1.14. The van der Waals surface area contributed by atoms with Gasteiger partial charge in [-0.2, -0.15) is 0 Å². The first-order valence-corrected chi connectivity index (χ1v) is 5.17. The van der Waals surface area contributed by atoms with E-state index in [-0.39, 0.29) is 12.0 Å². The van der Waals surface area contributed by atoms with E-state index in [1.54, 1.807) is 14.2 Å². The third-order valence-electron chi connectivity index (χ3n) is 2.04. The Labute approximate surface area is 91.5 Å². The lowest BCUT2D eigenvalue weighted by molar-refractivity contribution is -0.121. The molecule has 0 spiro atoms. The van der Waals surface area contributed by atoms with Crippen LogP contribution >= 0.6 is 0 Å². The van der Waals surface area contributed by atoms with Crippen LogP contribution in [0.25, 0.3) is 0 Å². The fraction of sp³-hybridized carbons (Fsp3) is 0.900. The van der Waals surface area contributed by atoms with Crippen LogP contribution in [-0.4, -0.2) is 53.0 Å². The Balaban J connectivity index is 3.50. The van der Waals surface area contributed by atoms with Crippen molar-refractivity contribution in [2.75, 3.05) is 41.0 Å². The van der Waals surface area contributed by atoms with Gasteiger partial charge in [0.1, 0.15) is 0 Å². The average Bonchev–Trinajstić information content (AvgIpc) is 2.24. The van der Waals surface area contributed by atoms with Gasteiger partial charge < -0.3 is 20.1 Å². The fourth-order valence-electron chi connectivity index (χ4n) is 1.14. The molecule has 2 N–H and O–H groups in total. The van der Waals surface area contributed by atoms with Gasteiger partial charge in [-0.15, -0.1) is 0 Å². The Morgan fingerprint density at radius 2 is 2.13 bits per heavy atom. The van der Waals surface area contributed by atoms with Crippen LogP contribution in [0.1, 0.15) is 12.8 Å². The van der Waals surface area contributed by atoms with Gasteiger partial charge in [-0.05, 0) is 20.0 Å². The SMILES string of the molecule is CNCCCC(=O)NCC(COC)OC. The monoisotopic (exact) mass is 218 g/mol. The molecule has 5 heteroatoms. The van der Waals surface area contributed by atoms with E-state index in [0.717, 1.165) is 13.0 Å². The van der Waals surface area contributed by atoms with Crippen LogP contribution in [0, 0.1) is 0 Å². The van der Waals surface area contributed by atoms with E-state index >= 15 is 0 Å². The number of nitrogens with one attached hydrogen (secondary N) is 2. The zero-order chi connectivity index (χ0) is 11.5. The molecular weight excluding hydrogens is 196 g/mol. The van der Waals surface area contributed by atoms with Gasteiger partial charge in [0.2, 0.25) is 5.91 Å². The van der Waals surface area contributed by atoms with E-state index in [4.69, 9.17) is 9.47 Å². The Kier molecular flexibility index (Phi) is 9.46. The molecule has 0 aromatic heterocycles. The summed E-state index contributed by atoms with van der Waals surface area (Å²) in [5.41, 5.74) is 0. The second-order valence-corrected chi connectivity index (χ2v) is 3.32. The van der Waals surface area contributed by atoms with Crippen molar-refractivity contribution >= 4 is 5.91 Å². The quantitative estimate of drug-likeness (QED) is 0.525. The van der Waals surface area contributed by atoms with Crippen molar-refractivity contribution in [3.05, 3.63) is 0 Å². The predicted octanol–water partition coefficient (Wildman–Crippen LogP) is -0.236. The Hall–Kier alpha value is -0.650. The smallest absolute Gasteiger partial charge is 0.220 e. The van der Waals surface area contributed by atoms with Crippen LogP contribution < -0.4 is 10.6 Å². The summed E-state index contributed by atoms with van der Waals surface area (Å²) >= 11 is 0. The normalized spacial score (nSPS) is 12.5. The summed E-state index contributed by atoms with van der Waals surface area (Å²) in [7, 11) is 5.09. The molecule has 1 atom stereocenters. The van der Waals surface area contributed by atoms with Crippen molar-refractivity contribution in [2.45, 2.75) is 18.9 Å². The maximum Gasteiger partial charge on any atom is 0.220 e. The summed E-state index contributed by atoms with van der Waals surface area (Å²) in [6.45, 7) is 1.86. The van der Waals surface area contributed by atoms with Crippen LogP contribution in [0.2, 0.25) is 0 Å². The van der Waals surface area contributed by atoms with Crippen molar-refractivity contribution in [1.82, 2.24) is 10.6 Å². The molecule has 0 saturated carbocycles.